The number of rotatable bonds is 8. The number of para-hydroxylation sites is 1. The molecule has 0 fully saturated rings. The van der Waals surface area contributed by atoms with Crippen LogP contribution < -0.4 is 9.47 Å². The summed E-state index contributed by atoms with van der Waals surface area (Å²) in [5, 5.41) is 0. The Morgan fingerprint density at radius 3 is 2.27 bits per heavy atom. The van der Waals surface area contributed by atoms with E-state index in [9.17, 15) is 0 Å². The van der Waals surface area contributed by atoms with Gasteiger partial charge in [-0.15, -0.1) is 0 Å². The highest BCUT2D eigenvalue weighted by Crippen LogP contribution is 2.14. The highest BCUT2D eigenvalue weighted by molar-refractivity contribution is 5.27. The van der Waals surface area contributed by atoms with Crippen LogP contribution in [0.3, 0.4) is 0 Å². The maximum Gasteiger partial charge on any atom is 0.119 e. The first-order valence-corrected chi connectivity index (χ1v) is 7.70. The lowest BCUT2D eigenvalue weighted by molar-refractivity contribution is 0.199. The third kappa shape index (κ3) is 5.08. The van der Waals surface area contributed by atoms with E-state index in [2.05, 4.69) is 31.0 Å². The lowest BCUT2D eigenvalue weighted by Crippen LogP contribution is -2.34. The number of hydrogen-bond donors (Lipinski definition) is 0. The molecule has 0 radical (unpaired) electrons. The largest absolute Gasteiger partial charge is 0.497 e. The molecule has 0 saturated heterocycles. The summed E-state index contributed by atoms with van der Waals surface area (Å²) in [5.74, 6) is 1.83. The van der Waals surface area contributed by atoms with Gasteiger partial charge in [-0.2, -0.15) is 0 Å². The third-order valence-electron chi connectivity index (χ3n) is 3.90. The molecule has 0 bridgehead atoms. The predicted octanol–water partition coefficient (Wildman–Crippen LogP) is 3.64. The fourth-order valence-corrected chi connectivity index (χ4v) is 2.30. The van der Waals surface area contributed by atoms with Crippen LogP contribution in [0.2, 0.25) is 0 Å². The Morgan fingerprint density at radius 1 is 0.955 bits per heavy atom. The molecule has 3 heteroatoms. The summed E-state index contributed by atoms with van der Waals surface area (Å²) in [6.45, 7) is 3.85. The molecule has 0 saturated carbocycles. The van der Waals surface area contributed by atoms with Crippen LogP contribution in [0.25, 0.3) is 0 Å². The Hall–Kier alpha value is -2.00. The highest BCUT2D eigenvalue weighted by atomic mass is 16.5. The third-order valence-corrected chi connectivity index (χ3v) is 3.90. The second-order valence-corrected chi connectivity index (χ2v) is 5.54. The second kappa shape index (κ2) is 8.44. The molecule has 0 aliphatic carbocycles. The van der Waals surface area contributed by atoms with Gasteiger partial charge in [-0.1, -0.05) is 30.3 Å². The first-order chi connectivity index (χ1) is 10.7. The number of benzene rings is 2. The topological polar surface area (TPSA) is 21.7 Å². The number of hydrogen-bond acceptors (Lipinski definition) is 3. The van der Waals surface area contributed by atoms with Gasteiger partial charge in [0.25, 0.3) is 0 Å². The van der Waals surface area contributed by atoms with Crippen LogP contribution >= 0.6 is 0 Å². The van der Waals surface area contributed by atoms with Gasteiger partial charge in [0.2, 0.25) is 0 Å². The summed E-state index contributed by atoms with van der Waals surface area (Å²) in [6, 6.07) is 18.7. The molecule has 1 unspecified atom stereocenters. The van der Waals surface area contributed by atoms with Crippen LogP contribution in [0.1, 0.15) is 12.5 Å². The van der Waals surface area contributed by atoms with Crippen molar-refractivity contribution in [1.29, 1.82) is 0 Å². The van der Waals surface area contributed by atoms with Crippen LogP contribution in [-0.2, 0) is 6.42 Å². The SMILES string of the molecule is COc1ccc(CC(C)N(C)CCOc2ccccc2)cc1. The van der Waals surface area contributed by atoms with E-state index in [1.165, 1.54) is 5.56 Å². The first kappa shape index (κ1) is 16.4. The lowest BCUT2D eigenvalue weighted by atomic mass is 10.1. The van der Waals surface area contributed by atoms with Gasteiger partial charge in [-0.25, -0.2) is 0 Å². The fourth-order valence-electron chi connectivity index (χ4n) is 2.30. The Kier molecular flexibility index (Phi) is 6.28. The van der Waals surface area contributed by atoms with Gasteiger partial charge >= 0.3 is 0 Å². The Labute approximate surface area is 133 Å². The van der Waals surface area contributed by atoms with Gasteiger partial charge < -0.3 is 9.47 Å². The molecule has 2 aromatic carbocycles. The standard InChI is InChI=1S/C19H25NO2/c1-16(15-17-9-11-18(21-3)12-10-17)20(2)13-14-22-19-7-5-4-6-8-19/h4-12,16H,13-15H2,1-3H3. The van der Waals surface area contributed by atoms with E-state index >= 15 is 0 Å². The molecule has 22 heavy (non-hydrogen) atoms. The van der Waals surface area contributed by atoms with E-state index in [1.54, 1.807) is 7.11 Å². The van der Waals surface area contributed by atoms with Crippen molar-refractivity contribution in [2.24, 2.45) is 0 Å². The summed E-state index contributed by atoms with van der Waals surface area (Å²) >= 11 is 0. The molecular formula is C19H25NO2. The van der Waals surface area contributed by atoms with Crippen molar-refractivity contribution >= 4 is 0 Å². The second-order valence-electron chi connectivity index (χ2n) is 5.54. The molecule has 0 N–H and O–H groups in total. The lowest BCUT2D eigenvalue weighted by Gasteiger charge is -2.24. The van der Waals surface area contributed by atoms with Gasteiger partial charge in [0.05, 0.1) is 7.11 Å². The molecule has 0 aliphatic heterocycles. The zero-order valence-corrected chi connectivity index (χ0v) is 13.7. The number of ether oxygens (including phenoxy) is 2. The van der Waals surface area contributed by atoms with Crippen LogP contribution in [0, 0.1) is 0 Å². The van der Waals surface area contributed by atoms with Gasteiger partial charge in [0.1, 0.15) is 18.1 Å². The molecule has 0 amide bonds. The summed E-state index contributed by atoms with van der Waals surface area (Å²) in [4.78, 5) is 2.33. The molecule has 0 aromatic heterocycles. The van der Waals surface area contributed by atoms with Crippen molar-refractivity contribution in [1.82, 2.24) is 4.90 Å². The van der Waals surface area contributed by atoms with Crippen LogP contribution in [0.4, 0.5) is 0 Å². The van der Waals surface area contributed by atoms with Crippen molar-refractivity contribution in [3.8, 4) is 11.5 Å². The van der Waals surface area contributed by atoms with Gasteiger partial charge in [-0.05, 0) is 50.2 Å². The highest BCUT2D eigenvalue weighted by Gasteiger charge is 2.10. The minimum absolute atomic E-state index is 0.466. The van der Waals surface area contributed by atoms with E-state index in [4.69, 9.17) is 9.47 Å². The normalized spacial score (nSPS) is 12.2. The van der Waals surface area contributed by atoms with Crippen LogP contribution in [0.5, 0.6) is 11.5 Å². The minimum Gasteiger partial charge on any atom is -0.497 e. The average molecular weight is 299 g/mol. The van der Waals surface area contributed by atoms with E-state index in [0.29, 0.717) is 12.6 Å². The maximum absolute atomic E-state index is 5.75. The molecule has 0 heterocycles. The number of methoxy groups -OCH3 is 1. The molecule has 2 aromatic rings. The van der Waals surface area contributed by atoms with Crippen LogP contribution in [-0.4, -0.2) is 38.3 Å². The van der Waals surface area contributed by atoms with E-state index < -0.39 is 0 Å². The molecule has 0 spiro atoms. The van der Waals surface area contributed by atoms with Crippen molar-refractivity contribution < 1.29 is 9.47 Å². The number of likely N-dealkylation sites (N-methyl/N-ethyl adjacent to an activating group) is 1. The molecule has 2 rings (SSSR count). The number of nitrogens with zero attached hydrogens (tertiary/aromatic N) is 1. The molecule has 0 aliphatic rings. The quantitative estimate of drug-likeness (QED) is 0.743. The summed E-state index contributed by atoms with van der Waals surface area (Å²) in [6.07, 6.45) is 1.02. The monoisotopic (exact) mass is 299 g/mol. The Balaban J connectivity index is 1.75. The van der Waals surface area contributed by atoms with Gasteiger partial charge in [0.15, 0.2) is 0 Å². The van der Waals surface area contributed by atoms with E-state index in [-0.39, 0.29) is 0 Å². The molecule has 1 atom stereocenters. The van der Waals surface area contributed by atoms with Gasteiger partial charge in [0, 0.05) is 12.6 Å². The molecule has 3 nitrogen and oxygen atoms in total. The van der Waals surface area contributed by atoms with Crippen LogP contribution in [0.15, 0.2) is 54.6 Å². The zero-order chi connectivity index (χ0) is 15.8. The Bertz CT molecular complexity index is 539. The molecule has 118 valence electrons. The fraction of sp³-hybridized carbons (Fsp3) is 0.368. The van der Waals surface area contributed by atoms with E-state index in [1.807, 2.05) is 42.5 Å². The first-order valence-electron chi connectivity index (χ1n) is 7.70. The summed E-state index contributed by atoms with van der Waals surface area (Å²) in [5.41, 5.74) is 1.32. The summed E-state index contributed by atoms with van der Waals surface area (Å²) in [7, 11) is 3.83. The predicted molar refractivity (Wildman–Crippen MR) is 90.7 cm³/mol. The van der Waals surface area contributed by atoms with Crippen molar-refractivity contribution in [3.05, 3.63) is 60.2 Å². The van der Waals surface area contributed by atoms with Crippen molar-refractivity contribution in [2.75, 3.05) is 27.3 Å². The zero-order valence-electron chi connectivity index (χ0n) is 13.7. The Morgan fingerprint density at radius 2 is 1.64 bits per heavy atom. The van der Waals surface area contributed by atoms with Crippen molar-refractivity contribution in [3.63, 3.8) is 0 Å². The van der Waals surface area contributed by atoms with Crippen molar-refractivity contribution in [2.45, 2.75) is 19.4 Å². The smallest absolute Gasteiger partial charge is 0.119 e. The molecular weight excluding hydrogens is 274 g/mol. The summed E-state index contributed by atoms with van der Waals surface area (Å²) < 4.78 is 10.9. The van der Waals surface area contributed by atoms with Gasteiger partial charge in [-0.3, -0.25) is 4.90 Å². The van der Waals surface area contributed by atoms with E-state index in [0.717, 1.165) is 24.5 Å². The average Bonchev–Trinajstić information content (AvgIpc) is 2.56. The minimum atomic E-state index is 0.466. The maximum atomic E-state index is 5.75.